The van der Waals surface area contributed by atoms with Gasteiger partial charge in [-0.3, -0.25) is 13.9 Å². The molecule has 242 valence electrons. The summed E-state index contributed by atoms with van der Waals surface area (Å²) < 4.78 is 34.6. The molecular weight excluding hydrogens is 645 g/mol. The molecule has 0 aliphatic rings. The van der Waals surface area contributed by atoms with E-state index in [0.29, 0.717) is 11.3 Å². The smallest absolute Gasteiger partial charge is 0.264 e. The third kappa shape index (κ3) is 9.02. The topological polar surface area (TPSA) is 96.0 Å². The van der Waals surface area contributed by atoms with Gasteiger partial charge in [-0.1, -0.05) is 83.9 Å². The first kappa shape index (κ1) is 34.8. The summed E-state index contributed by atoms with van der Waals surface area (Å²) in [5.41, 5.74) is 0.943. The molecule has 0 bridgehead atoms. The number of nitrogens with one attached hydrogen (secondary N) is 1. The minimum atomic E-state index is -4.32. The van der Waals surface area contributed by atoms with Gasteiger partial charge >= 0.3 is 0 Å². The summed E-state index contributed by atoms with van der Waals surface area (Å²) in [5.74, 6) is -0.433. The number of nitrogens with zero attached hydrogens (tertiary/aromatic N) is 2. The second-order valence-electron chi connectivity index (χ2n) is 11.7. The standard InChI is InChI=1S/C35H37Cl2N3O5S/c1-35(2,3)38-34(42)32(21-25-12-7-5-8-13-25)39(23-26-14-11-15-28(20-26)45-4)33(41)24-40(31-22-27(36)18-19-30(31)37)46(43,44)29-16-9-6-10-17-29/h5-20,22,32H,21,23-24H2,1-4H3,(H,38,42)/t32-/m1/s1. The van der Waals surface area contributed by atoms with E-state index in [0.717, 1.165) is 9.87 Å². The van der Waals surface area contributed by atoms with Gasteiger partial charge in [-0.15, -0.1) is 0 Å². The van der Waals surface area contributed by atoms with Crippen LogP contribution in [0.5, 0.6) is 5.75 Å². The van der Waals surface area contributed by atoms with Gasteiger partial charge in [-0.2, -0.15) is 0 Å². The highest BCUT2D eigenvalue weighted by Gasteiger charge is 2.36. The van der Waals surface area contributed by atoms with Crippen molar-refractivity contribution in [3.63, 3.8) is 0 Å². The molecular formula is C35H37Cl2N3O5S. The number of ether oxygens (including phenoxy) is 1. The first-order chi connectivity index (χ1) is 21.8. The van der Waals surface area contributed by atoms with E-state index in [1.165, 1.54) is 42.3 Å². The van der Waals surface area contributed by atoms with Crippen LogP contribution in [0.2, 0.25) is 10.0 Å². The molecule has 0 aliphatic carbocycles. The molecule has 0 aliphatic heterocycles. The van der Waals surface area contributed by atoms with E-state index >= 15 is 0 Å². The minimum Gasteiger partial charge on any atom is -0.497 e. The summed E-state index contributed by atoms with van der Waals surface area (Å²) in [6.07, 6.45) is 0.182. The lowest BCUT2D eigenvalue weighted by molar-refractivity contribution is -0.140. The number of carbonyl (C=O) groups is 2. The normalized spacial score (nSPS) is 12.2. The number of hydrogen-bond donors (Lipinski definition) is 1. The number of carbonyl (C=O) groups excluding carboxylic acids is 2. The maximum absolute atomic E-state index is 14.6. The van der Waals surface area contributed by atoms with Gasteiger partial charge in [0, 0.05) is 23.5 Å². The molecule has 0 heterocycles. The van der Waals surface area contributed by atoms with Crippen molar-refractivity contribution in [1.82, 2.24) is 10.2 Å². The van der Waals surface area contributed by atoms with Gasteiger partial charge in [0.05, 0.1) is 22.7 Å². The van der Waals surface area contributed by atoms with Gasteiger partial charge in [0.1, 0.15) is 18.3 Å². The van der Waals surface area contributed by atoms with Crippen LogP contribution in [0, 0.1) is 0 Å². The zero-order valence-corrected chi connectivity index (χ0v) is 28.4. The zero-order chi connectivity index (χ0) is 33.5. The summed E-state index contributed by atoms with van der Waals surface area (Å²) in [7, 11) is -2.78. The number of sulfonamides is 1. The van der Waals surface area contributed by atoms with E-state index in [1.807, 2.05) is 57.2 Å². The van der Waals surface area contributed by atoms with Crippen molar-refractivity contribution in [1.29, 1.82) is 0 Å². The maximum Gasteiger partial charge on any atom is 0.264 e. The van der Waals surface area contributed by atoms with Crippen LogP contribution < -0.4 is 14.4 Å². The first-order valence-electron chi connectivity index (χ1n) is 14.6. The highest BCUT2D eigenvalue weighted by Crippen LogP contribution is 2.33. The lowest BCUT2D eigenvalue weighted by Gasteiger charge is -2.35. The molecule has 4 aromatic rings. The molecule has 1 atom stereocenters. The van der Waals surface area contributed by atoms with Gasteiger partial charge in [0.15, 0.2) is 0 Å². The summed E-state index contributed by atoms with van der Waals surface area (Å²) in [4.78, 5) is 30.0. The van der Waals surface area contributed by atoms with Crippen molar-refractivity contribution < 1.29 is 22.7 Å². The minimum absolute atomic E-state index is 0.00635. The van der Waals surface area contributed by atoms with E-state index in [9.17, 15) is 18.0 Å². The summed E-state index contributed by atoms with van der Waals surface area (Å²) in [6, 6.07) is 27.7. The third-order valence-corrected chi connectivity index (χ3v) is 9.37. The van der Waals surface area contributed by atoms with E-state index in [2.05, 4.69) is 5.32 Å². The van der Waals surface area contributed by atoms with Gasteiger partial charge in [0.25, 0.3) is 10.0 Å². The Morgan fingerprint density at radius 2 is 1.48 bits per heavy atom. The van der Waals surface area contributed by atoms with Crippen LogP contribution in [0.4, 0.5) is 5.69 Å². The van der Waals surface area contributed by atoms with E-state index in [1.54, 1.807) is 36.4 Å². The number of methoxy groups -OCH3 is 1. The number of halogens is 2. The number of hydrogen-bond acceptors (Lipinski definition) is 5. The van der Waals surface area contributed by atoms with Crippen LogP contribution in [0.3, 0.4) is 0 Å². The average Bonchev–Trinajstić information content (AvgIpc) is 3.02. The van der Waals surface area contributed by atoms with E-state index < -0.39 is 34.1 Å². The highest BCUT2D eigenvalue weighted by molar-refractivity contribution is 7.92. The Hall–Kier alpha value is -4.05. The quantitative estimate of drug-likeness (QED) is 0.178. The highest BCUT2D eigenvalue weighted by atomic mass is 35.5. The molecule has 46 heavy (non-hydrogen) atoms. The third-order valence-electron chi connectivity index (χ3n) is 7.04. The van der Waals surface area contributed by atoms with Gasteiger partial charge in [-0.05, 0) is 74.4 Å². The number of amides is 2. The van der Waals surface area contributed by atoms with Crippen molar-refractivity contribution in [2.24, 2.45) is 0 Å². The van der Waals surface area contributed by atoms with Crippen LogP contribution >= 0.6 is 23.2 Å². The molecule has 2 amide bonds. The van der Waals surface area contributed by atoms with Crippen LogP contribution in [0.15, 0.2) is 108 Å². The molecule has 0 aromatic heterocycles. The summed E-state index contributed by atoms with van der Waals surface area (Å²) >= 11 is 12.8. The van der Waals surface area contributed by atoms with Crippen LogP contribution in [0.1, 0.15) is 31.9 Å². The Kier molecular flexibility index (Phi) is 11.4. The molecule has 1 N–H and O–H groups in total. The molecule has 0 fully saturated rings. The Balaban J connectivity index is 1.85. The fourth-order valence-corrected chi connectivity index (χ4v) is 6.77. The largest absolute Gasteiger partial charge is 0.497 e. The van der Waals surface area contributed by atoms with Gasteiger partial charge in [0.2, 0.25) is 11.8 Å². The Bertz CT molecular complexity index is 1760. The van der Waals surface area contributed by atoms with Gasteiger partial charge < -0.3 is 15.0 Å². The summed E-state index contributed by atoms with van der Waals surface area (Å²) in [6.45, 7) is 4.90. The Morgan fingerprint density at radius 3 is 2.11 bits per heavy atom. The molecule has 11 heteroatoms. The van der Waals surface area contributed by atoms with Crippen molar-refractivity contribution in [2.75, 3.05) is 18.0 Å². The second-order valence-corrected chi connectivity index (χ2v) is 14.4. The lowest BCUT2D eigenvalue weighted by atomic mass is 10.0. The molecule has 0 saturated carbocycles. The predicted molar refractivity (Wildman–Crippen MR) is 183 cm³/mol. The maximum atomic E-state index is 14.6. The van der Waals surface area contributed by atoms with Crippen molar-refractivity contribution in [2.45, 2.75) is 50.2 Å². The number of rotatable bonds is 12. The molecule has 8 nitrogen and oxygen atoms in total. The second kappa shape index (κ2) is 15.0. The number of anilines is 1. The fraction of sp³-hybridized carbons (Fsp3) is 0.257. The van der Waals surface area contributed by atoms with Gasteiger partial charge in [-0.25, -0.2) is 8.42 Å². The average molecular weight is 683 g/mol. The van der Waals surface area contributed by atoms with Crippen molar-refractivity contribution in [3.05, 3.63) is 124 Å². The molecule has 0 spiro atoms. The van der Waals surface area contributed by atoms with Crippen LogP contribution in [-0.4, -0.2) is 50.4 Å². The monoisotopic (exact) mass is 681 g/mol. The zero-order valence-electron chi connectivity index (χ0n) is 26.1. The molecule has 4 aromatic carbocycles. The first-order valence-corrected chi connectivity index (χ1v) is 16.8. The molecule has 0 saturated heterocycles. The Morgan fingerprint density at radius 1 is 0.848 bits per heavy atom. The van der Waals surface area contributed by atoms with Crippen LogP contribution in [-0.2, 0) is 32.6 Å². The van der Waals surface area contributed by atoms with Crippen LogP contribution in [0.25, 0.3) is 0 Å². The molecule has 4 rings (SSSR count). The number of benzene rings is 4. The molecule has 0 unspecified atom stereocenters. The fourth-order valence-electron chi connectivity index (χ4n) is 4.88. The van der Waals surface area contributed by atoms with E-state index in [4.69, 9.17) is 27.9 Å². The van der Waals surface area contributed by atoms with E-state index in [-0.39, 0.29) is 39.5 Å². The SMILES string of the molecule is COc1cccc(CN(C(=O)CN(c2cc(Cl)ccc2Cl)S(=O)(=O)c2ccccc2)[C@H](Cc2ccccc2)C(=O)NC(C)(C)C)c1. The Labute approximate surface area is 280 Å². The molecule has 0 radical (unpaired) electrons. The van der Waals surface area contributed by atoms with Crippen molar-refractivity contribution in [3.8, 4) is 5.75 Å². The summed E-state index contributed by atoms with van der Waals surface area (Å²) in [5, 5.41) is 3.33. The predicted octanol–water partition coefficient (Wildman–Crippen LogP) is 6.75. The van der Waals surface area contributed by atoms with Crippen molar-refractivity contribution >= 4 is 50.7 Å². The lowest BCUT2D eigenvalue weighted by Crippen LogP contribution is -2.56.